The largest absolute Gasteiger partial charge is 0.343 e. The van der Waals surface area contributed by atoms with Crippen molar-refractivity contribution in [1.82, 2.24) is 15.1 Å². The number of carbonyl (C=O) groups excluding carboxylic acids is 2. The molecule has 136 valence electrons. The Morgan fingerprint density at radius 2 is 1.96 bits per heavy atom. The van der Waals surface area contributed by atoms with Crippen LogP contribution in [0.25, 0.3) is 0 Å². The second kappa shape index (κ2) is 8.88. The second-order valence-corrected chi connectivity index (χ2v) is 7.08. The summed E-state index contributed by atoms with van der Waals surface area (Å²) in [7, 11) is 0. The molecular formula is C20H29N3O2. The molecule has 5 heteroatoms. The third-order valence-electron chi connectivity index (χ3n) is 5.32. The highest BCUT2D eigenvalue weighted by molar-refractivity contribution is 5.78. The lowest BCUT2D eigenvalue weighted by Crippen LogP contribution is -2.50. The summed E-state index contributed by atoms with van der Waals surface area (Å²) in [5.41, 5.74) is 1.24. The van der Waals surface area contributed by atoms with Crippen LogP contribution < -0.4 is 5.32 Å². The molecule has 25 heavy (non-hydrogen) atoms. The monoisotopic (exact) mass is 343 g/mol. The van der Waals surface area contributed by atoms with Gasteiger partial charge in [0, 0.05) is 38.6 Å². The Bertz CT molecular complexity index is 576. The van der Waals surface area contributed by atoms with Gasteiger partial charge in [-0.15, -0.1) is 0 Å². The number of nitrogens with zero attached hydrogens (tertiary/aromatic N) is 2. The number of nitrogens with one attached hydrogen (secondary N) is 1. The fraction of sp³-hybridized carbons (Fsp3) is 0.600. The molecule has 2 saturated heterocycles. The number of hydrogen-bond acceptors (Lipinski definition) is 2. The van der Waals surface area contributed by atoms with E-state index in [9.17, 15) is 9.59 Å². The maximum absolute atomic E-state index is 12.6. The van der Waals surface area contributed by atoms with Crippen LogP contribution in [-0.2, 0) is 11.2 Å². The molecule has 1 N–H and O–H groups in total. The quantitative estimate of drug-likeness (QED) is 0.863. The first-order chi connectivity index (χ1) is 12.2. The van der Waals surface area contributed by atoms with Crippen LogP contribution in [-0.4, -0.2) is 54.0 Å². The molecule has 3 rings (SSSR count). The molecule has 1 aromatic rings. The summed E-state index contributed by atoms with van der Waals surface area (Å²) in [5, 5.41) is 3.07. The zero-order chi connectivity index (χ0) is 17.5. The number of benzene rings is 1. The first kappa shape index (κ1) is 17.8. The highest BCUT2D eigenvalue weighted by Crippen LogP contribution is 2.21. The van der Waals surface area contributed by atoms with Crippen LogP contribution in [0.3, 0.4) is 0 Å². The van der Waals surface area contributed by atoms with Gasteiger partial charge in [0.2, 0.25) is 5.91 Å². The fourth-order valence-corrected chi connectivity index (χ4v) is 3.87. The fourth-order valence-electron chi connectivity index (χ4n) is 3.87. The van der Waals surface area contributed by atoms with Gasteiger partial charge >= 0.3 is 6.03 Å². The average molecular weight is 343 g/mol. The van der Waals surface area contributed by atoms with Gasteiger partial charge in [-0.2, -0.15) is 0 Å². The van der Waals surface area contributed by atoms with Gasteiger partial charge in [-0.3, -0.25) is 4.79 Å². The molecule has 2 aliphatic heterocycles. The highest BCUT2D eigenvalue weighted by Gasteiger charge is 2.28. The van der Waals surface area contributed by atoms with E-state index in [0.717, 1.165) is 51.7 Å². The number of rotatable bonds is 6. The summed E-state index contributed by atoms with van der Waals surface area (Å²) >= 11 is 0. The van der Waals surface area contributed by atoms with Gasteiger partial charge in [-0.25, -0.2) is 4.79 Å². The van der Waals surface area contributed by atoms with Crippen molar-refractivity contribution in [1.29, 1.82) is 0 Å². The van der Waals surface area contributed by atoms with Crippen LogP contribution in [0.5, 0.6) is 0 Å². The minimum atomic E-state index is 0.0494. The molecule has 3 amide bonds. The van der Waals surface area contributed by atoms with Crippen molar-refractivity contribution >= 4 is 11.9 Å². The summed E-state index contributed by atoms with van der Waals surface area (Å²) in [6, 6.07) is 10.5. The van der Waals surface area contributed by atoms with E-state index >= 15 is 0 Å². The molecular weight excluding hydrogens is 314 g/mol. The lowest BCUT2D eigenvalue weighted by molar-refractivity contribution is -0.127. The van der Waals surface area contributed by atoms with Crippen LogP contribution >= 0.6 is 0 Å². The van der Waals surface area contributed by atoms with Gasteiger partial charge in [0.15, 0.2) is 0 Å². The Morgan fingerprint density at radius 1 is 1.12 bits per heavy atom. The van der Waals surface area contributed by atoms with Gasteiger partial charge in [-0.1, -0.05) is 30.3 Å². The van der Waals surface area contributed by atoms with E-state index in [1.165, 1.54) is 12.0 Å². The van der Waals surface area contributed by atoms with E-state index < -0.39 is 0 Å². The smallest absolute Gasteiger partial charge is 0.317 e. The van der Waals surface area contributed by atoms with Crippen molar-refractivity contribution in [3.63, 3.8) is 0 Å². The third kappa shape index (κ3) is 4.97. The van der Waals surface area contributed by atoms with Crippen LogP contribution in [0.15, 0.2) is 30.3 Å². The van der Waals surface area contributed by atoms with Gasteiger partial charge < -0.3 is 15.1 Å². The number of urea groups is 1. The molecule has 0 spiro atoms. The molecule has 2 fully saturated rings. The summed E-state index contributed by atoms with van der Waals surface area (Å²) in [6.45, 7) is 3.17. The topological polar surface area (TPSA) is 52.7 Å². The Hall–Kier alpha value is -2.04. The van der Waals surface area contributed by atoms with Crippen molar-refractivity contribution in [2.45, 2.75) is 51.0 Å². The molecule has 1 atom stereocenters. The zero-order valence-electron chi connectivity index (χ0n) is 15.0. The van der Waals surface area contributed by atoms with Gasteiger partial charge in [-0.05, 0) is 44.1 Å². The standard InChI is InChI=1S/C20H29N3O2/c24-19-10-6-14-22(19)16-12-18-9-4-5-15-23(18)20(25)21-13-11-17-7-2-1-3-8-17/h1-3,7-8,18H,4-6,9-16H2,(H,21,25)/t18-/m0/s1. The Labute approximate surface area is 150 Å². The first-order valence-corrected chi connectivity index (χ1v) is 9.60. The maximum atomic E-state index is 12.6. The summed E-state index contributed by atoms with van der Waals surface area (Å²) < 4.78 is 0. The second-order valence-electron chi connectivity index (χ2n) is 7.08. The number of piperidine rings is 1. The Kier molecular flexibility index (Phi) is 6.31. The van der Waals surface area contributed by atoms with Crippen LogP contribution in [0.2, 0.25) is 0 Å². The van der Waals surface area contributed by atoms with Gasteiger partial charge in [0.25, 0.3) is 0 Å². The molecule has 0 radical (unpaired) electrons. The van der Waals surface area contributed by atoms with Crippen LogP contribution in [0.4, 0.5) is 4.79 Å². The van der Waals surface area contributed by atoms with Crippen molar-refractivity contribution in [3.05, 3.63) is 35.9 Å². The molecule has 2 heterocycles. The summed E-state index contributed by atoms with van der Waals surface area (Å²) in [6.07, 6.45) is 6.72. The molecule has 5 nitrogen and oxygen atoms in total. The van der Waals surface area contributed by atoms with E-state index in [4.69, 9.17) is 0 Å². The van der Waals surface area contributed by atoms with E-state index in [1.54, 1.807) is 0 Å². The van der Waals surface area contributed by atoms with Crippen LogP contribution in [0, 0.1) is 0 Å². The molecule has 0 aromatic heterocycles. The normalized spacial score (nSPS) is 20.8. The minimum absolute atomic E-state index is 0.0494. The van der Waals surface area contributed by atoms with E-state index in [1.807, 2.05) is 28.0 Å². The lowest BCUT2D eigenvalue weighted by atomic mass is 9.99. The van der Waals surface area contributed by atoms with E-state index in [0.29, 0.717) is 13.0 Å². The number of likely N-dealkylation sites (tertiary alicyclic amines) is 2. The van der Waals surface area contributed by atoms with E-state index in [2.05, 4.69) is 17.4 Å². The minimum Gasteiger partial charge on any atom is -0.343 e. The number of amides is 3. The predicted molar refractivity (Wildman–Crippen MR) is 98.3 cm³/mol. The highest BCUT2D eigenvalue weighted by atomic mass is 16.2. The Morgan fingerprint density at radius 3 is 2.72 bits per heavy atom. The third-order valence-corrected chi connectivity index (χ3v) is 5.32. The lowest BCUT2D eigenvalue weighted by Gasteiger charge is -2.36. The van der Waals surface area contributed by atoms with E-state index in [-0.39, 0.29) is 18.0 Å². The Balaban J connectivity index is 1.46. The van der Waals surface area contributed by atoms with Crippen molar-refractivity contribution < 1.29 is 9.59 Å². The van der Waals surface area contributed by atoms with Crippen molar-refractivity contribution in [2.75, 3.05) is 26.2 Å². The summed E-state index contributed by atoms with van der Waals surface area (Å²) in [5.74, 6) is 0.273. The summed E-state index contributed by atoms with van der Waals surface area (Å²) in [4.78, 5) is 28.3. The van der Waals surface area contributed by atoms with Gasteiger partial charge in [0.05, 0.1) is 0 Å². The SMILES string of the molecule is O=C1CCCN1CC[C@@H]1CCCCN1C(=O)NCCc1ccccc1. The maximum Gasteiger partial charge on any atom is 0.317 e. The predicted octanol–water partition coefficient (Wildman–Crippen LogP) is 2.81. The molecule has 2 aliphatic rings. The first-order valence-electron chi connectivity index (χ1n) is 9.60. The zero-order valence-corrected chi connectivity index (χ0v) is 15.0. The molecule has 0 aliphatic carbocycles. The van der Waals surface area contributed by atoms with Gasteiger partial charge in [0.1, 0.15) is 0 Å². The molecule has 1 aromatic carbocycles. The molecule has 0 unspecified atom stereocenters. The molecule has 0 saturated carbocycles. The van der Waals surface area contributed by atoms with Crippen molar-refractivity contribution in [2.24, 2.45) is 0 Å². The van der Waals surface area contributed by atoms with Crippen molar-refractivity contribution in [3.8, 4) is 0 Å². The molecule has 0 bridgehead atoms. The van der Waals surface area contributed by atoms with Crippen LogP contribution in [0.1, 0.15) is 44.1 Å². The number of hydrogen-bond donors (Lipinski definition) is 1. The average Bonchev–Trinajstić information content (AvgIpc) is 3.06. The number of carbonyl (C=O) groups is 2.